The van der Waals surface area contributed by atoms with Gasteiger partial charge in [0, 0.05) is 19.4 Å². The molecule has 1 aromatic heterocycles. The van der Waals surface area contributed by atoms with E-state index >= 15 is 0 Å². The van der Waals surface area contributed by atoms with Crippen LogP contribution < -0.4 is 5.32 Å². The lowest BCUT2D eigenvalue weighted by molar-refractivity contribution is -0.121. The topological polar surface area (TPSA) is 75.4 Å². The van der Waals surface area contributed by atoms with E-state index in [4.69, 9.17) is 9.52 Å². The number of carbonyl (C=O) groups excluding carboxylic acids is 1. The summed E-state index contributed by atoms with van der Waals surface area (Å²) in [6, 6.07) is 6.29. The maximum atomic E-state index is 13.6. The standard InChI is InChI=1S/C16H19FN2O3/c1-11(20)8-9-18-15(21)6-7-16-19-10-14(22-16)12-4-2-3-5-13(12)17/h2-5,10-11,20H,6-9H2,1H3,(H,18,21). The van der Waals surface area contributed by atoms with Gasteiger partial charge < -0.3 is 14.8 Å². The van der Waals surface area contributed by atoms with Crippen LogP contribution in [0, 0.1) is 5.82 Å². The van der Waals surface area contributed by atoms with E-state index in [0.29, 0.717) is 36.6 Å². The second kappa shape index (κ2) is 7.70. The fraction of sp³-hybridized carbons (Fsp3) is 0.375. The fourth-order valence-corrected chi connectivity index (χ4v) is 1.94. The number of benzene rings is 1. The van der Waals surface area contributed by atoms with E-state index in [1.54, 1.807) is 25.1 Å². The highest BCUT2D eigenvalue weighted by atomic mass is 19.1. The third-order valence-corrected chi connectivity index (χ3v) is 3.14. The number of carbonyl (C=O) groups is 1. The number of aryl methyl sites for hydroxylation is 1. The van der Waals surface area contributed by atoms with Gasteiger partial charge in [0.1, 0.15) is 5.82 Å². The van der Waals surface area contributed by atoms with Crippen LogP contribution in [0.15, 0.2) is 34.9 Å². The van der Waals surface area contributed by atoms with Crippen LogP contribution in [0.2, 0.25) is 0 Å². The number of aliphatic hydroxyl groups excluding tert-OH is 1. The van der Waals surface area contributed by atoms with Gasteiger partial charge in [-0.15, -0.1) is 0 Å². The average molecular weight is 306 g/mol. The van der Waals surface area contributed by atoms with Gasteiger partial charge in [-0.05, 0) is 25.5 Å². The zero-order valence-electron chi connectivity index (χ0n) is 12.4. The second-order valence-electron chi connectivity index (χ2n) is 5.09. The number of rotatable bonds is 7. The highest BCUT2D eigenvalue weighted by Gasteiger charge is 2.11. The van der Waals surface area contributed by atoms with Crippen molar-refractivity contribution in [2.45, 2.75) is 32.3 Å². The van der Waals surface area contributed by atoms with Crippen molar-refractivity contribution in [1.29, 1.82) is 0 Å². The molecular formula is C16H19FN2O3. The van der Waals surface area contributed by atoms with Gasteiger partial charge in [-0.3, -0.25) is 4.79 Å². The van der Waals surface area contributed by atoms with Crippen molar-refractivity contribution in [3.05, 3.63) is 42.2 Å². The maximum Gasteiger partial charge on any atom is 0.220 e. The summed E-state index contributed by atoms with van der Waals surface area (Å²) in [5.41, 5.74) is 0.350. The van der Waals surface area contributed by atoms with Crippen LogP contribution in [0.4, 0.5) is 4.39 Å². The molecule has 1 amide bonds. The SMILES string of the molecule is CC(O)CCNC(=O)CCc1ncc(-c2ccccc2F)o1. The zero-order valence-corrected chi connectivity index (χ0v) is 12.4. The minimum Gasteiger partial charge on any atom is -0.441 e. The lowest BCUT2D eigenvalue weighted by Gasteiger charge is -2.05. The van der Waals surface area contributed by atoms with Crippen LogP contribution in [0.3, 0.4) is 0 Å². The van der Waals surface area contributed by atoms with Gasteiger partial charge in [0.05, 0.1) is 17.9 Å². The van der Waals surface area contributed by atoms with Gasteiger partial charge in [-0.2, -0.15) is 0 Å². The van der Waals surface area contributed by atoms with Crippen molar-refractivity contribution in [2.24, 2.45) is 0 Å². The Morgan fingerprint density at radius 1 is 1.45 bits per heavy atom. The predicted molar refractivity (Wildman–Crippen MR) is 79.5 cm³/mol. The Morgan fingerprint density at radius 2 is 2.23 bits per heavy atom. The molecule has 5 nitrogen and oxygen atoms in total. The molecule has 0 aliphatic heterocycles. The molecule has 2 rings (SSSR count). The Bertz CT molecular complexity index is 625. The smallest absolute Gasteiger partial charge is 0.220 e. The highest BCUT2D eigenvalue weighted by molar-refractivity contribution is 5.76. The summed E-state index contributed by atoms with van der Waals surface area (Å²) in [6.45, 7) is 2.10. The largest absolute Gasteiger partial charge is 0.441 e. The highest BCUT2D eigenvalue weighted by Crippen LogP contribution is 2.23. The lowest BCUT2D eigenvalue weighted by Crippen LogP contribution is -2.26. The number of amides is 1. The first kappa shape index (κ1) is 16.2. The van der Waals surface area contributed by atoms with E-state index in [-0.39, 0.29) is 18.1 Å². The number of halogens is 1. The van der Waals surface area contributed by atoms with Gasteiger partial charge in [0.15, 0.2) is 11.7 Å². The summed E-state index contributed by atoms with van der Waals surface area (Å²) in [5.74, 6) is 0.235. The minimum absolute atomic E-state index is 0.133. The van der Waals surface area contributed by atoms with Crippen LogP contribution >= 0.6 is 0 Å². The van der Waals surface area contributed by atoms with Gasteiger partial charge in [-0.1, -0.05) is 12.1 Å². The molecule has 118 valence electrons. The lowest BCUT2D eigenvalue weighted by atomic mass is 10.2. The van der Waals surface area contributed by atoms with Crippen LogP contribution in [0.5, 0.6) is 0 Å². The summed E-state index contributed by atoms with van der Waals surface area (Å²) >= 11 is 0. The molecule has 22 heavy (non-hydrogen) atoms. The number of nitrogens with zero attached hydrogens (tertiary/aromatic N) is 1. The molecule has 0 saturated carbocycles. The Morgan fingerprint density at radius 3 is 2.95 bits per heavy atom. The summed E-state index contributed by atoms with van der Waals surface area (Å²) in [6.07, 6.45) is 2.11. The van der Waals surface area contributed by atoms with Gasteiger partial charge in [-0.25, -0.2) is 9.37 Å². The van der Waals surface area contributed by atoms with E-state index < -0.39 is 6.10 Å². The molecule has 0 fully saturated rings. The normalized spacial score (nSPS) is 12.1. The molecule has 1 unspecified atom stereocenters. The number of oxazole rings is 1. The van der Waals surface area contributed by atoms with E-state index in [1.807, 2.05) is 0 Å². The van der Waals surface area contributed by atoms with E-state index in [2.05, 4.69) is 10.3 Å². The van der Waals surface area contributed by atoms with E-state index in [9.17, 15) is 9.18 Å². The summed E-state index contributed by atoms with van der Waals surface area (Å²) in [5, 5.41) is 11.8. The molecule has 1 heterocycles. The Kier molecular flexibility index (Phi) is 5.66. The van der Waals surface area contributed by atoms with Crippen LogP contribution in [-0.4, -0.2) is 28.6 Å². The minimum atomic E-state index is -0.435. The maximum absolute atomic E-state index is 13.6. The van der Waals surface area contributed by atoms with Gasteiger partial charge in [0.2, 0.25) is 5.91 Å². The van der Waals surface area contributed by atoms with E-state index in [1.165, 1.54) is 12.3 Å². The molecule has 0 saturated heterocycles. The Balaban J connectivity index is 1.85. The Labute approximate surface area is 128 Å². The second-order valence-corrected chi connectivity index (χ2v) is 5.09. The average Bonchev–Trinajstić information content (AvgIpc) is 2.94. The summed E-state index contributed by atoms with van der Waals surface area (Å²) in [7, 11) is 0. The summed E-state index contributed by atoms with van der Waals surface area (Å²) < 4.78 is 19.1. The third kappa shape index (κ3) is 4.66. The molecule has 2 aromatic rings. The molecule has 1 aromatic carbocycles. The molecule has 0 radical (unpaired) electrons. The van der Waals surface area contributed by atoms with Crippen molar-refractivity contribution in [1.82, 2.24) is 10.3 Å². The number of aliphatic hydroxyl groups is 1. The molecule has 0 spiro atoms. The molecule has 0 aliphatic rings. The van der Waals surface area contributed by atoms with Crippen molar-refractivity contribution in [3.8, 4) is 11.3 Å². The number of hydrogen-bond donors (Lipinski definition) is 2. The molecule has 1 atom stereocenters. The van der Waals surface area contributed by atoms with Crippen molar-refractivity contribution in [2.75, 3.05) is 6.54 Å². The third-order valence-electron chi connectivity index (χ3n) is 3.14. The fourth-order valence-electron chi connectivity index (χ4n) is 1.94. The summed E-state index contributed by atoms with van der Waals surface area (Å²) in [4.78, 5) is 15.7. The monoisotopic (exact) mass is 306 g/mol. The number of nitrogens with one attached hydrogen (secondary N) is 1. The van der Waals surface area contributed by atoms with Gasteiger partial charge in [0.25, 0.3) is 0 Å². The van der Waals surface area contributed by atoms with Gasteiger partial charge >= 0.3 is 0 Å². The number of aromatic nitrogens is 1. The van der Waals surface area contributed by atoms with Crippen molar-refractivity contribution >= 4 is 5.91 Å². The molecule has 0 bridgehead atoms. The quantitative estimate of drug-likeness (QED) is 0.823. The van der Waals surface area contributed by atoms with Crippen molar-refractivity contribution in [3.63, 3.8) is 0 Å². The predicted octanol–water partition coefficient (Wildman–Crippen LogP) is 2.30. The first-order valence-electron chi connectivity index (χ1n) is 7.20. The molecule has 2 N–H and O–H groups in total. The molecular weight excluding hydrogens is 287 g/mol. The first-order valence-corrected chi connectivity index (χ1v) is 7.20. The van der Waals surface area contributed by atoms with E-state index in [0.717, 1.165) is 0 Å². The van der Waals surface area contributed by atoms with Crippen molar-refractivity contribution < 1.29 is 18.7 Å². The first-order chi connectivity index (χ1) is 10.6. The van der Waals surface area contributed by atoms with Crippen LogP contribution in [0.25, 0.3) is 11.3 Å². The molecule has 6 heteroatoms. The van der Waals surface area contributed by atoms with Crippen LogP contribution in [0.1, 0.15) is 25.7 Å². The van der Waals surface area contributed by atoms with Crippen LogP contribution in [-0.2, 0) is 11.2 Å². The Hall–Kier alpha value is -2.21. The number of hydrogen-bond acceptors (Lipinski definition) is 4. The molecule has 0 aliphatic carbocycles. The zero-order chi connectivity index (χ0) is 15.9.